The fourth-order valence-corrected chi connectivity index (χ4v) is 2.76. The summed E-state index contributed by atoms with van der Waals surface area (Å²) in [7, 11) is 0. The quantitative estimate of drug-likeness (QED) is 0.749. The van der Waals surface area contributed by atoms with Gasteiger partial charge in [-0.25, -0.2) is 9.97 Å². The van der Waals surface area contributed by atoms with Crippen molar-refractivity contribution < 1.29 is 29.6 Å². The van der Waals surface area contributed by atoms with Crippen LogP contribution in [0.1, 0.15) is 42.4 Å². The van der Waals surface area contributed by atoms with Crippen molar-refractivity contribution in [1.29, 1.82) is 0 Å². The van der Waals surface area contributed by atoms with Crippen LogP contribution in [0.15, 0.2) is 35.4 Å². The van der Waals surface area contributed by atoms with Crippen LogP contribution in [-0.4, -0.2) is 40.1 Å². The summed E-state index contributed by atoms with van der Waals surface area (Å²) in [5.74, 6) is -2.01. The van der Waals surface area contributed by atoms with Crippen LogP contribution < -0.4 is 11.1 Å². The van der Waals surface area contributed by atoms with Gasteiger partial charge in [0.25, 0.3) is 5.91 Å². The number of aliphatic imine (C=N–C) groups is 1. The number of pyridine rings is 2. The molecule has 1 aliphatic heterocycles. The van der Waals surface area contributed by atoms with Gasteiger partial charge in [0.2, 0.25) is 5.60 Å². The number of amidine groups is 1. The second kappa shape index (κ2) is 7.51. The zero-order chi connectivity index (χ0) is 26.6. The molecule has 2 unspecified atom stereocenters. The first-order valence-electron chi connectivity index (χ1n) is 10.9. The van der Waals surface area contributed by atoms with Gasteiger partial charge >= 0.3 is 6.18 Å². The molecule has 2 aromatic rings. The summed E-state index contributed by atoms with van der Waals surface area (Å²) in [5, 5.41) is 1.79. The number of aromatic nitrogens is 2. The summed E-state index contributed by atoms with van der Waals surface area (Å²) in [6.07, 6.45) is -5.47. The van der Waals surface area contributed by atoms with Gasteiger partial charge in [-0.1, -0.05) is 17.7 Å². The maximum absolute atomic E-state index is 13.4. The first-order valence-corrected chi connectivity index (χ1v) is 8.81. The van der Waals surface area contributed by atoms with Crippen LogP contribution in [-0.2, 0) is 10.3 Å². The van der Waals surface area contributed by atoms with Crippen molar-refractivity contribution in [3.8, 4) is 0 Å². The van der Waals surface area contributed by atoms with Gasteiger partial charge < -0.3 is 15.8 Å². The third-order valence-corrected chi connectivity index (χ3v) is 4.71. The van der Waals surface area contributed by atoms with E-state index < -0.39 is 71.0 Å². The largest absolute Gasteiger partial charge is 0.424 e. The zero-order valence-corrected chi connectivity index (χ0v) is 16.4. The highest BCUT2D eigenvalue weighted by molar-refractivity contribution is 6.30. The lowest BCUT2D eigenvalue weighted by molar-refractivity contribution is -0.249. The molecule has 3 N–H and O–H groups in total. The summed E-state index contributed by atoms with van der Waals surface area (Å²) in [4.78, 5) is 24.6. The topological polar surface area (TPSA) is 102 Å². The normalized spacial score (nSPS) is 27.1. The number of nitrogens with one attached hydrogen (secondary N) is 1. The van der Waals surface area contributed by atoms with Gasteiger partial charge in [0, 0.05) is 10.3 Å². The molecule has 0 saturated carbocycles. The number of anilines is 1. The van der Waals surface area contributed by atoms with Crippen molar-refractivity contribution in [3.63, 3.8) is 0 Å². The summed E-state index contributed by atoms with van der Waals surface area (Å²) >= 11 is 5.77. The zero-order valence-electron chi connectivity index (χ0n) is 20.7. The first kappa shape index (κ1) is 16.0. The van der Waals surface area contributed by atoms with E-state index in [0.717, 1.165) is 6.92 Å². The van der Waals surface area contributed by atoms with Crippen molar-refractivity contribution in [2.24, 2.45) is 10.7 Å². The molecule has 7 nitrogen and oxygen atoms in total. The number of nitrogens with two attached hydrogens (primary N) is 1. The van der Waals surface area contributed by atoms with Crippen molar-refractivity contribution in [1.82, 2.24) is 9.97 Å². The summed E-state index contributed by atoms with van der Waals surface area (Å²) in [6.45, 7) is -1.26. The highest BCUT2D eigenvalue weighted by atomic mass is 35.5. The molecule has 0 radical (unpaired) electrons. The third-order valence-electron chi connectivity index (χ3n) is 4.53. The smallest absolute Gasteiger partial charge is 0.385 e. The number of carbonyl (C=O) groups excluding carboxylic acids is 1. The Morgan fingerprint density at radius 2 is 2.17 bits per heavy atom. The van der Waals surface area contributed by atoms with Gasteiger partial charge in [0.1, 0.15) is 22.9 Å². The molecule has 11 heteroatoms. The molecule has 3 rings (SSSR count). The molecular formula is C19H19ClF3N5O2. The van der Waals surface area contributed by atoms with Crippen LogP contribution in [0, 0.1) is 6.85 Å². The van der Waals surface area contributed by atoms with E-state index in [4.69, 9.17) is 28.9 Å². The number of amides is 1. The predicted octanol–water partition coefficient (Wildman–Crippen LogP) is 3.61. The van der Waals surface area contributed by atoms with Gasteiger partial charge in [0.05, 0.1) is 20.1 Å². The van der Waals surface area contributed by atoms with E-state index in [1.807, 2.05) is 0 Å². The lowest BCUT2D eigenvalue weighted by atomic mass is 9.93. The standard InChI is InChI=1S/C19H19ClF3N5O2/c1-10-7-11(20)8-25-14(10)15(29)27-13-6-4-5-12(26-13)17(2)9-30-18(3,16(24)28-17)19(21,22)23/h4-8H,9H2,1-3H3,(H2,24,28)(H,26,27,29)/i1D3,7D,8D. The van der Waals surface area contributed by atoms with Gasteiger partial charge in [-0.2, -0.15) is 13.2 Å². The van der Waals surface area contributed by atoms with Crippen LogP contribution in [0.5, 0.6) is 0 Å². The number of rotatable bonds is 3. The monoisotopic (exact) mass is 446 g/mol. The number of halogens is 4. The molecule has 30 heavy (non-hydrogen) atoms. The van der Waals surface area contributed by atoms with Gasteiger partial charge in [-0.3, -0.25) is 9.79 Å². The van der Waals surface area contributed by atoms with Crippen molar-refractivity contribution >= 4 is 29.2 Å². The average molecular weight is 447 g/mol. The minimum atomic E-state index is -4.80. The SMILES string of the molecule is [2H]c1nc(C(=O)Nc2cccc(C3(C)COC(C)(C(F)(F)F)C(N)=N3)n2)c(C([2H])([2H])[2H])c([2H])c1Cl. The lowest BCUT2D eigenvalue weighted by Gasteiger charge is -2.40. The highest BCUT2D eigenvalue weighted by Crippen LogP contribution is 2.40. The molecule has 0 aliphatic carbocycles. The van der Waals surface area contributed by atoms with E-state index >= 15 is 0 Å². The van der Waals surface area contributed by atoms with E-state index in [9.17, 15) is 18.0 Å². The van der Waals surface area contributed by atoms with Crippen molar-refractivity contribution in [2.75, 3.05) is 11.9 Å². The van der Waals surface area contributed by atoms with Crippen LogP contribution >= 0.6 is 11.6 Å². The average Bonchev–Trinajstić information content (AvgIpc) is 2.73. The van der Waals surface area contributed by atoms with E-state index in [1.165, 1.54) is 25.1 Å². The molecule has 160 valence electrons. The lowest BCUT2D eigenvalue weighted by Crippen LogP contribution is -2.60. The third kappa shape index (κ3) is 3.97. The molecule has 0 aromatic carbocycles. The van der Waals surface area contributed by atoms with Crippen LogP contribution in [0.4, 0.5) is 19.0 Å². The Balaban J connectivity index is 1.97. The Labute approximate surface area is 182 Å². The van der Waals surface area contributed by atoms with Crippen molar-refractivity contribution in [2.45, 2.75) is 38.0 Å². The summed E-state index contributed by atoms with van der Waals surface area (Å²) in [6, 6.07) is 3.46. The van der Waals surface area contributed by atoms with Gasteiger partial charge in [-0.05, 0) is 44.4 Å². The number of hydrogen-bond acceptors (Lipinski definition) is 6. The molecule has 0 spiro atoms. The van der Waals surface area contributed by atoms with Crippen LogP contribution in [0.3, 0.4) is 0 Å². The molecule has 2 atom stereocenters. The number of hydrogen-bond donors (Lipinski definition) is 2. The van der Waals surface area contributed by atoms with Gasteiger partial charge in [0.15, 0.2) is 0 Å². The molecule has 1 aliphatic rings. The number of ether oxygens (including phenoxy) is 1. The minimum absolute atomic E-state index is 0.102. The van der Waals surface area contributed by atoms with E-state index in [0.29, 0.717) is 0 Å². The number of alkyl halides is 3. The fourth-order valence-electron chi connectivity index (χ4n) is 2.62. The summed E-state index contributed by atoms with van der Waals surface area (Å²) < 4.78 is 83.6. The number of nitrogens with zero attached hydrogens (tertiary/aromatic N) is 3. The Morgan fingerprint density at radius 3 is 2.80 bits per heavy atom. The van der Waals surface area contributed by atoms with E-state index in [-0.39, 0.29) is 11.5 Å². The Bertz CT molecular complexity index is 1230. The van der Waals surface area contributed by atoms with Crippen molar-refractivity contribution in [3.05, 3.63) is 52.4 Å². The Morgan fingerprint density at radius 1 is 1.43 bits per heavy atom. The molecule has 0 saturated heterocycles. The predicted molar refractivity (Wildman–Crippen MR) is 106 cm³/mol. The molecule has 2 aromatic heterocycles. The Hall–Kier alpha value is -2.72. The number of carbonyl (C=O) groups is 1. The van der Waals surface area contributed by atoms with Crippen LogP contribution in [0.25, 0.3) is 0 Å². The minimum Gasteiger partial charge on any atom is -0.385 e. The molecule has 3 heterocycles. The van der Waals surface area contributed by atoms with E-state index in [2.05, 4.69) is 20.3 Å². The summed E-state index contributed by atoms with van der Waals surface area (Å²) in [5.41, 5.74) is 0.0425. The van der Waals surface area contributed by atoms with Gasteiger partial charge in [-0.15, -0.1) is 0 Å². The molecule has 1 amide bonds. The second-order valence-electron chi connectivity index (χ2n) is 6.84. The maximum Gasteiger partial charge on any atom is 0.424 e. The van der Waals surface area contributed by atoms with Crippen LogP contribution in [0.2, 0.25) is 5.02 Å². The molecular weight excluding hydrogens is 423 g/mol. The molecule has 0 bridgehead atoms. The first-order chi connectivity index (χ1) is 15.9. The second-order valence-corrected chi connectivity index (χ2v) is 7.22. The molecule has 0 fully saturated rings. The Kier molecular flexibility index (Phi) is 4.02. The maximum atomic E-state index is 13.4. The highest BCUT2D eigenvalue weighted by Gasteiger charge is 2.59. The van der Waals surface area contributed by atoms with E-state index in [1.54, 1.807) is 0 Å². The fraction of sp³-hybridized carbons (Fsp3) is 0.368.